The van der Waals surface area contributed by atoms with E-state index in [1.807, 2.05) is 12.1 Å². The molecule has 0 aromatic heterocycles. The van der Waals surface area contributed by atoms with Crippen LogP contribution in [-0.4, -0.2) is 32.3 Å². The van der Waals surface area contributed by atoms with Gasteiger partial charge in [-0.1, -0.05) is 34.6 Å². The van der Waals surface area contributed by atoms with E-state index in [2.05, 4.69) is 54.6 Å². The fraction of sp³-hybridized carbons (Fsp3) is 1.00. The predicted molar refractivity (Wildman–Crippen MR) is 78.8 cm³/mol. The standard InChI is InChI=1S/C14H31NO2Si/c1-11(2)12-10-14(6,16-15(12)7)17-18(8,9)13(3,4)5/h11-12H,10H2,1-9H3/t12-,14+/m0/s1. The minimum Gasteiger partial charge on any atom is -0.389 e. The highest BCUT2D eigenvalue weighted by Gasteiger charge is 2.49. The first-order valence-corrected chi connectivity index (χ1v) is 9.91. The first kappa shape index (κ1) is 16.2. The topological polar surface area (TPSA) is 21.7 Å². The van der Waals surface area contributed by atoms with Crippen molar-refractivity contribution in [3.8, 4) is 0 Å². The van der Waals surface area contributed by atoms with Gasteiger partial charge in [-0.05, 0) is 31.0 Å². The molecule has 108 valence electrons. The number of rotatable bonds is 3. The molecule has 0 unspecified atom stereocenters. The second-order valence-corrected chi connectivity index (χ2v) is 12.4. The first-order chi connectivity index (χ1) is 7.88. The molecular weight excluding hydrogens is 242 g/mol. The lowest BCUT2D eigenvalue weighted by atomic mass is 9.98. The first-order valence-electron chi connectivity index (χ1n) is 7.00. The Balaban J connectivity index is 2.80. The third-order valence-corrected chi connectivity index (χ3v) is 8.99. The fourth-order valence-corrected chi connectivity index (χ4v) is 3.83. The summed E-state index contributed by atoms with van der Waals surface area (Å²) >= 11 is 0. The van der Waals surface area contributed by atoms with Crippen LogP contribution in [0.5, 0.6) is 0 Å². The van der Waals surface area contributed by atoms with E-state index in [0.29, 0.717) is 12.0 Å². The Hall–Kier alpha value is 0.0969. The quantitative estimate of drug-likeness (QED) is 0.725. The predicted octanol–water partition coefficient (Wildman–Crippen LogP) is 4.02. The van der Waals surface area contributed by atoms with Crippen LogP contribution in [0.2, 0.25) is 18.1 Å². The lowest BCUT2D eigenvalue weighted by molar-refractivity contribution is -0.261. The highest BCUT2D eigenvalue weighted by atomic mass is 28.4. The molecule has 0 bridgehead atoms. The Morgan fingerprint density at radius 2 is 1.83 bits per heavy atom. The molecule has 0 N–H and O–H groups in total. The van der Waals surface area contributed by atoms with Gasteiger partial charge < -0.3 is 4.43 Å². The van der Waals surface area contributed by atoms with Crippen LogP contribution in [0.1, 0.15) is 48.0 Å². The van der Waals surface area contributed by atoms with Gasteiger partial charge >= 0.3 is 0 Å². The number of hydrogen-bond donors (Lipinski definition) is 0. The second kappa shape index (κ2) is 4.89. The SMILES string of the molecule is CC(C)[C@@H]1C[C@@](C)(O[Si](C)(C)C(C)(C)C)ON1C. The van der Waals surface area contributed by atoms with Crippen molar-refractivity contribution < 1.29 is 9.26 Å². The molecule has 1 saturated heterocycles. The lowest BCUT2D eigenvalue weighted by Crippen LogP contribution is -2.48. The molecule has 1 aliphatic rings. The van der Waals surface area contributed by atoms with Crippen molar-refractivity contribution in [1.82, 2.24) is 5.06 Å². The molecule has 0 amide bonds. The summed E-state index contributed by atoms with van der Waals surface area (Å²) in [6.07, 6.45) is 0.952. The van der Waals surface area contributed by atoms with Crippen LogP contribution >= 0.6 is 0 Å². The zero-order valence-electron chi connectivity index (χ0n) is 13.6. The van der Waals surface area contributed by atoms with Crippen LogP contribution in [-0.2, 0) is 9.26 Å². The van der Waals surface area contributed by atoms with Gasteiger partial charge in [0.1, 0.15) is 0 Å². The van der Waals surface area contributed by atoms with Gasteiger partial charge in [-0.15, -0.1) is 0 Å². The largest absolute Gasteiger partial charge is 0.389 e. The number of hydrogen-bond acceptors (Lipinski definition) is 3. The Morgan fingerprint density at radius 1 is 1.33 bits per heavy atom. The van der Waals surface area contributed by atoms with E-state index >= 15 is 0 Å². The Bertz CT molecular complexity index is 299. The van der Waals surface area contributed by atoms with Gasteiger partial charge in [0.25, 0.3) is 0 Å². The molecule has 1 aliphatic heterocycles. The summed E-state index contributed by atoms with van der Waals surface area (Å²) in [7, 11) is 0.231. The van der Waals surface area contributed by atoms with Crippen LogP contribution in [0, 0.1) is 5.92 Å². The van der Waals surface area contributed by atoms with Crippen molar-refractivity contribution in [3.63, 3.8) is 0 Å². The Labute approximate surface area is 114 Å². The lowest BCUT2D eigenvalue weighted by Gasteiger charge is -2.41. The van der Waals surface area contributed by atoms with E-state index in [1.54, 1.807) is 0 Å². The van der Waals surface area contributed by atoms with Gasteiger partial charge in [-0.25, -0.2) is 0 Å². The molecule has 0 spiro atoms. The Morgan fingerprint density at radius 3 is 2.17 bits per heavy atom. The van der Waals surface area contributed by atoms with Gasteiger partial charge in [-0.2, -0.15) is 5.06 Å². The molecule has 3 nitrogen and oxygen atoms in total. The fourth-order valence-electron chi connectivity index (χ4n) is 2.33. The van der Waals surface area contributed by atoms with Crippen molar-refractivity contribution in [2.24, 2.45) is 5.92 Å². The maximum Gasteiger partial charge on any atom is 0.195 e. The molecule has 4 heteroatoms. The monoisotopic (exact) mass is 273 g/mol. The van der Waals surface area contributed by atoms with E-state index in [9.17, 15) is 0 Å². The minimum absolute atomic E-state index is 0.216. The molecule has 0 aromatic rings. The molecule has 2 atom stereocenters. The summed E-state index contributed by atoms with van der Waals surface area (Å²) in [6.45, 7) is 17.9. The molecule has 1 heterocycles. The van der Waals surface area contributed by atoms with E-state index in [0.717, 1.165) is 6.42 Å². The Kier molecular flexibility index (Phi) is 4.39. The molecule has 0 aliphatic carbocycles. The van der Waals surface area contributed by atoms with E-state index in [1.165, 1.54) is 0 Å². The number of hydroxylamine groups is 2. The van der Waals surface area contributed by atoms with E-state index < -0.39 is 14.1 Å². The normalized spacial score (nSPS) is 31.3. The van der Waals surface area contributed by atoms with Crippen LogP contribution in [0.15, 0.2) is 0 Å². The molecule has 0 saturated carbocycles. The van der Waals surface area contributed by atoms with Crippen molar-refractivity contribution in [1.29, 1.82) is 0 Å². The van der Waals surface area contributed by atoms with Crippen molar-refractivity contribution in [2.75, 3.05) is 7.05 Å². The average Bonchev–Trinajstić information content (AvgIpc) is 2.38. The zero-order chi connectivity index (χ0) is 14.4. The van der Waals surface area contributed by atoms with Crippen molar-refractivity contribution in [2.45, 2.75) is 77.9 Å². The van der Waals surface area contributed by atoms with Crippen LogP contribution in [0.25, 0.3) is 0 Å². The summed E-state index contributed by atoms with van der Waals surface area (Å²) in [5.74, 6) is 0.131. The summed E-state index contributed by atoms with van der Waals surface area (Å²) in [5, 5.41) is 2.20. The minimum atomic E-state index is -1.79. The maximum atomic E-state index is 6.48. The second-order valence-electron chi connectivity index (χ2n) is 7.65. The smallest absolute Gasteiger partial charge is 0.195 e. The number of nitrogens with zero attached hydrogens (tertiary/aromatic N) is 1. The van der Waals surface area contributed by atoms with Crippen LogP contribution in [0.3, 0.4) is 0 Å². The van der Waals surface area contributed by atoms with E-state index in [-0.39, 0.29) is 5.04 Å². The van der Waals surface area contributed by atoms with Crippen LogP contribution < -0.4 is 0 Å². The molecule has 0 radical (unpaired) electrons. The highest BCUT2D eigenvalue weighted by molar-refractivity contribution is 6.74. The molecule has 0 aromatic carbocycles. The summed E-state index contributed by atoms with van der Waals surface area (Å²) in [5.41, 5.74) is 0. The van der Waals surface area contributed by atoms with Gasteiger partial charge in [0.05, 0.1) is 0 Å². The summed E-state index contributed by atoms with van der Waals surface area (Å²) < 4.78 is 6.48. The molecule has 1 fully saturated rings. The van der Waals surface area contributed by atoms with Gasteiger partial charge in [0, 0.05) is 19.5 Å². The van der Waals surface area contributed by atoms with Gasteiger partial charge in [0.2, 0.25) is 0 Å². The van der Waals surface area contributed by atoms with Crippen molar-refractivity contribution in [3.05, 3.63) is 0 Å². The maximum absolute atomic E-state index is 6.48. The summed E-state index contributed by atoms with van der Waals surface area (Å²) in [6, 6.07) is 0.444. The highest BCUT2D eigenvalue weighted by Crippen LogP contribution is 2.43. The van der Waals surface area contributed by atoms with Crippen molar-refractivity contribution >= 4 is 8.32 Å². The van der Waals surface area contributed by atoms with E-state index in [4.69, 9.17) is 9.26 Å². The average molecular weight is 273 g/mol. The summed E-state index contributed by atoms with van der Waals surface area (Å²) in [4.78, 5) is 6.00. The zero-order valence-corrected chi connectivity index (χ0v) is 14.6. The molecule has 1 rings (SSSR count). The molecule has 18 heavy (non-hydrogen) atoms. The van der Waals surface area contributed by atoms with Gasteiger partial charge in [0.15, 0.2) is 14.1 Å². The molecular formula is C14H31NO2Si. The van der Waals surface area contributed by atoms with Gasteiger partial charge in [-0.3, -0.25) is 4.84 Å². The third kappa shape index (κ3) is 3.35. The third-order valence-electron chi connectivity index (χ3n) is 4.43. The van der Waals surface area contributed by atoms with Crippen LogP contribution in [0.4, 0.5) is 0 Å².